The van der Waals surface area contributed by atoms with Gasteiger partial charge in [-0.3, -0.25) is 0 Å². The second-order valence-electron chi connectivity index (χ2n) is 13.6. The van der Waals surface area contributed by atoms with Crippen LogP contribution in [0.5, 0.6) is 0 Å². The molecule has 0 aliphatic carbocycles. The zero-order valence-corrected chi connectivity index (χ0v) is 29.4. The zero-order chi connectivity index (χ0) is 35.8. The molecule has 0 N–H and O–H groups in total. The van der Waals surface area contributed by atoms with Gasteiger partial charge in [-0.1, -0.05) is 152 Å². The van der Waals surface area contributed by atoms with E-state index in [1.54, 1.807) is 0 Å². The average Bonchev–Trinajstić information content (AvgIpc) is 3.69. The van der Waals surface area contributed by atoms with Gasteiger partial charge in [0.2, 0.25) is 5.89 Å². The van der Waals surface area contributed by atoms with Gasteiger partial charge in [-0.05, 0) is 104 Å². The standard InChI is InChI=1S/C51H34N2O/c1-2-11-35(12-3-1)37-25-29-43(30-26-37)53(45-18-8-17-41(34-45)47-20-9-16-38-14-6-7-19-46(38)47)44-31-27-39(28-32-44)48-21-10-22-49-50(48)54-51(52-49)42-24-23-36-13-4-5-15-40(36)33-42/h1-34H. The van der Waals surface area contributed by atoms with Crippen LogP contribution < -0.4 is 4.90 Å². The van der Waals surface area contributed by atoms with Gasteiger partial charge in [-0.2, -0.15) is 0 Å². The maximum Gasteiger partial charge on any atom is 0.227 e. The molecule has 0 saturated carbocycles. The Bertz CT molecular complexity index is 2920. The van der Waals surface area contributed by atoms with Crippen molar-refractivity contribution in [2.24, 2.45) is 0 Å². The Labute approximate surface area is 314 Å². The van der Waals surface area contributed by atoms with Crippen molar-refractivity contribution in [3.8, 4) is 44.8 Å². The van der Waals surface area contributed by atoms with Gasteiger partial charge < -0.3 is 9.32 Å². The number of aromatic nitrogens is 1. The van der Waals surface area contributed by atoms with Crippen LogP contribution in [-0.2, 0) is 0 Å². The molecule has 1 aromatic heterocycles. The quantitative estimate of drug-likeness (QED) is 0.167. The predicted molar refractivity (Wildman–Crippen MR) is 225 cm³/mol. The van der Waals surface area contributed by atoms with Gasteiger partial charge in [0.05, 0.1) is 0 Å². The summed E-state index contributed by atoms with van der Waals surface area (Å²) in [6.07, 6.45) is 0. The summed E-state index contributed by atoms with van der Waals surface area (Å²) < 4.78 is 6.52. The Morgan fingerprint density at radius 3 is 1.76 bits per heavy atom. The van der Waals surface area contributed by atoms with Crippen molar-refractivity contribution >= 4 is 49.7 Å². The van der Waals surface area contributed by atoms with Crippen molar-refractivity contribution in [1.82, 2.24) is 4.98 Å². The van der Waals surface area contributed by atoms with Crippen LogP contribution in [0.15, 0.2) is 211 Å². The molecule has 0 atom stereocenters. The number of nitrogens with zero attached hydrogens (tertiary/aromatic N) is 2. The van der Waals surface area contributed by atoms with Crippen LogP contribution in [0.4, 0.5) is 17.1 Å². The second-order valence-corrected chi connectivity index (χ2v) is 13.6. The van der Waals surface area contributed by atoms with Crippen molar-refractivity contribution in [2.45, 2.75) is 0 Å². The molecule has 54 heavy (non-hydrogen) atoms. The van der Waals surface area contributed by atoms with Crippen molar-refractivity contribution < 1.29 is 4.42 Å². The van der Waals surface area contributed by atoms with Crippen LogP contribution in [0.1, 0.15) is 0 Å². The lowest BCUT2D eigenvalue weighted by Gasteiger charge is -2.26. The molecule has 0 saturated heterocycles. The third-order valence-electron chi connectivity index (χ3n) is 10.3. The SMILES string of the molecule is c1ccc(-c2ccc(N(c3ccc(-c4cccc5nc(-c6ccc7ccccc7c6)oc45)cc3)c3cccc(-c4cccc5ccccc45)c3)cc2)cc1. The lowest BCUT2D eigenvalue weighted by Crippen LogP contribution is -2.10. The molecule has 0 fully saturated rings. The summed E-state index contributed by atoms with van der Waals surface area (Å²) >= 11 is 0. The lowest BCUT2D eigenvalue weighted by atomic mass is 9.97. The van der Waals surface area contributed by atoms with Gasteiger partial charge in [-0.25, -0.2) is 4.98 Å². The van der Waals surface area contributed by atoms with E-state index in [1.165, 1.54) is 38.4 Å². The molecule has 254 valence electrons. The van der Waals surface area contributed by atoms with E-state index >= 15 is 0 Å². The molecule has 3 nitrogen and oxygen atoms in total. The molecule has 3 heteroatoms. The molecule has 0 unspecified atom stereocenters. The van der Waals surface area contributed by atoms with Crippen molar-refractivity contribution in [1.29, 1.82) is 0 Å². The first-order chi connectivity index (χ1) is 26.7. The van der Waals surface area contributed by atoms with E-state index in [0.29, 0.717) is 5.89 Å². The van der Waals surface area contributed by atoms with Gasteiger partial charge in [0.1, 0.15) is 5.52 Å². The van der Waals surface area contributed by atoms with Gasteiger partial charge >= 0.3 is 0 Å². The van der Waals surface area contributed by atoms with E-state index in [0.717, 1.165) is 50.2 Å². The largest absolute Gasteiger partial charge is 0.435 e. The highest BCUT2D eigenvalue weighted by Gasteiger charge is 2.17. The summed E-state index contributed by atoms with van der Waals surface area (Å²) in [6.45, 7) is 0. The molecule has 1 heterocycles. The van der Waals surface area contributed by atoms with Gasteiger partial charge in [0.25, 0.3) is 0 Å². The summed E-state index contributed by atoms with van der Waals surface area (Å²) in [5, 5.41) is 4.83. The number of fused-ring (bicyclic) bond motifs is 3. The maximum atomic E-state index is 6.52. The third kappa shape index (κ3) is 5.78. The smallest absolute Gasteiger partial charge is 0.227 e. The fraction of sp³-hybridized carbons (Fsp3) is 0. The zero-order valence-electron chi connectivity index (χ0n) is 29.4. The highest BCUT2D eigenvalue weighted by atomic mass is 16.3. The van der Waals surface area contributed by atoms with Crippen LogP contribution in [-0.4, -0.2) is 4.98 Å². The number of para-hydroxylation sites is 1. The highest BCUT2D eigenvalue weighted by molar-refractivity contribution is 5.98. The van der Waals surface area contributed by atoms with Gasteiger partial charge in [0.15, 0.2) is 5.58 Å². The fourth-order valence-electron chi connectivity index (χ4n) is 7.58. The number of anilines is 3. The lowest BCUT2D eigenvalue weighted by molar-refractivity contribution is 0.621. The van der Waals surface area contributed by atoms with Crippen LogP contribution in [0.25, 0.3) is 77.5 Å². The van der Waals surface area contributed by atoms with Gasteiger partial charge in [-0.15, -0.1) is 0 Å². The van der Waals surface area contributed by atoms with E-state index in [4.69, 9.17) is 9.40 Å². The number of hydrogen-bond donors (Lipinski definition) is 0. The predicted octanol–water partition coefficient (Wildman–Crippen LogP) is 14.3. The molecule has 0 aliphatic heterocycles. The first kappa shape index (κ1) is 31.5. The van der Waals surface area contributed by atoms with E-state index < -0.39 is 0 Å². The number of rotatable bonds is 7. The normalized spacial score (nSPS) is 11.3. The van der Waals surface area contributed by atoms with Crippen molar-refractivity contribution in [2.75, 3.05) is 4.90 Å². The molecule has 0 amide bonds. The molecule has 0 radical (unpaired) electrons. The Balaban J connectivity index is 1.05. The van der Waals surface area contributed by atoms with Crippen molar-refractivity contribution in [3.63, 3.8) is 0 Å². The Morgan fingerprint density at radius 1 is 0.352 bits per heavy atom. The summed E-state index contributed by atoms with van der Waals surface area (Å²) in [4.78, 5) is 7.24. The summed E-state index contributed by atoms with van der Waals surface area (Å²) in [5.74, 6) is 0.621. The first-order valence-corrected chi connectivity index (χ1v) is 18.3. The molecule has 10 rings (SSSR count). The maximum absolute atomic E-state index is 6.52. The second kappa shape index (κ2) is 13.4. The Morgan fingerprint density at radius 2 is 0.944 bits per heavy atom. The summed E-state index contributed by atoms with van der Waals surface area (Å²) in [7, 11) is 0. The Kier molecular flexibility index (Phi) is 7.81. The van der Waals surface area contributed by atoms with Crippen LogP contribution >= 0.6 is 0 Å². The molecule has 0 aliphatic rings. The minimum Gasteiger partial charge on any atom is -0.435 e. The molecule has 10 aromatic rings. The number of benzene rings is 9. The minimum absolute atomic E-state index is 0.621. The molecule has 0 spiro atoms. The van der Waals surface area contributed by atoms with E-state index in [2.05, 4.69) is 205 Å². The van der Waals surface area contributed by atoms with E-state index in [9.17, 15) is 0 Å². The molecule has 0 bridgehead atoms. The topological polar surface area (TPSA) is 29.3 Å². The minimum atomic E-state index is 0.621. The molecule has 9 aromatic carbocycles. The van der Waals surface area contributed by atoms with Crippen LogP contribution in [0, 0.1) is 0 Å². The molecular weight excluding hydrogens is 657 g/mol. The third-order valence-corrected chi connectivity index (χ3v) is 10.3. The number of hydrogen-bond acceptors (Lipinski definition) is 3. The van der Waals surface area contributed by atoms with E-state index in [-0.39, 0.29) is 0 Å². The highest BCUT2D eigenvalue weighted by Crippen LogP contribution is 2.40. The van der Waals surface area contributed by atoms with Crippen LogP contribution in [0.3, 0.4) is 0 Å². The monoisotopic (exact) mass is 690 g/mol. The first-order valence-electron chi connectivity index (χ1n) is 18.3. The van der Waals surface area contributed by atoms with Crippen LogP contribution in [0.2, 0.25) is 0 Å². The average molecular weight is 691 g/mol. The molecular formula is C51H34N2O. The van der Waals surface area contributed by atoms with E-state index in [1.807, 2.05) is 6.07 Å². The fourth-order valence-corrected chi connectivity index (χ4v) is 7.58. The number of oxazole rings is 1. The summed E-state index contributed by atoms with van der Waals surface area (Å²) in [5.41, 5.74) is 12.6. The van der Waals surface area contributed by atoms with Crippen molar-refractivity contribution in [3.05, 3.63) is 206 Å². The Hall–Kier alpha value is -7.23. The summed E-state index contributed by atoms with van der Waals surface area (Å²) in [6, 6.07) is 73.0. The van der Waals surface area contributed by atoms with Gasteiger partial charge in [0, 0.05) is 28.2 Å².